The average Bonchev–Trinajstić information content (AvgIpc) is 3.20. The molecule has 2 heterocycles. The minimum Gasteiger partial charge on any atom is -0.338 e. The van der Waals surface area contributed by atoms with E-state index >= 15 is 0 Å². The summed E-state index contributed by atoms with van der Waals surface area (Å²) in [6.45, 7) is 3.07. The standard InChI is InChI=1S/C16H20BrF2N5O/c1-3-23-7-6-11(20-23)8-22(2)12(25)9-24-15(10-4-5-10)13(17)14(21-24)16(18)19/h6-7,10,16H,3-5,8-9H2,1-2H3. The second-order valence-corrected chi connectivity index (χ2v) is 7.02. The van der Waals surface area contributed by atoms with Crippen LogP contribution in [0.1, 0.15) is 49.2 Å². The van der Waals surface area contributed by atoms with Crippen LogP contribution in [0.2, 0.25) is 0 Å². The highest BCUT2D eigenvalue weighted by molar-refractivity contribution is 9.10. The molecular formula is C16H20BrF2N5O. The van der Waals surface area contributed by atoms with Crippen molar-refractivity contribution in [3.63, 3.8) is 0 Å². The lowest BCUT2D eigenvalue weighted by Crippen LogP contribution is -2.30. The Balaban J connectivity index is 1.72. The van der Waals surface area contributed by atoms with Crippen LogP contribution in [0, 0.1) is 0 Å². The molecule has 0 aliphatic heterocycles. The van der Waals surface area contributed by atoms with Gasteiger partial charge in [0.1, 0.15) is 12.2 Å². The number of carbonyl (C=O) groups is 1. The number of nitrogens with zero attached hydrogens (tertiary/aromatic N) is 5. The van der Waals surface area contributed by atoms with Gasteiger partial charge < -0.3 is 4.90 Å². The molecule has 9 heteroatoms. The molecule has 25 heavy (non-hydrogen) atoms. The third kappa shape index (κ3) is 3.91. The van der Waals surface area contributed by atoms with E-state index in [-0.39, 0.29) is 24.1 Å². The minimum absolute atomic E-state index is 0.0534. The molecular weight excluding hydrogens is 396 g/mol. The van der Waals surface area contributed by atoms with E-state index in [2.05, 4.69) is 26.1 Å². The van der Waals surface area contributed by atoms with Crippen molar-refractivity contribution in [1.29, 1.82) is 0 Å². The van der Waals surface area contributed by atoms with Gasteiger partial charge in [0.25, 0.3) is 6.43 Å². The van der Waals surface area contributed by atoms with Crippen LogP contribution in [-0.2, 0) is 24.4 Å². The number of aryl methyl sites for hydroxylation is 1. The summed E-state index contributed by atoms with van der Waals surface area (Å²) in [7, 11) is 1.68. The molecule has 0 aromatic carbocycles. The zero-order valence-corrected chi connectivity index (χ0v) is 15.7. The second kappa shape index (κ2) is 7.23. The molecule has 0 spiro atoms. The number of aromatic nitrogens is 4. The molecule has 0 radical (unpaired) electrons. The number of halogens is 3. The molecule has 6 nitrogen and oxygen atoms in total. The van der Waals surface area contributed by atoms with Crippen molar-refractivity contribution in [2.24, 2.45) is 0 Å². The molecule has 1 amide bonds. The fourth-order valence-corrected chi connectivity index (χ4v) is 3.50. The van der Waals surface area contributed by atoms with Crippen molar-refractivity contribution in [3.05, 3.63) is 33.8 Å². The van der Waals surface area contributed by atoms with Crippen LogP contribution >= 0.6 is 15.9 Å². The zero-order valence-electron chi connectivity index (χ0n) is 14.1. The molecule has 1 saturated carbocycles. The number of hydrogen-bond donors (Lipinski definition) is 0. The Hall–Kier alpha value is -1.77. The van der Waals surface area contributed by atoms with Gasteiger partial charge in [-0.2, -0.15) is 10.2 Å². The molecule has 0 N–H and O–H groups in total. The normalized spacial score (nSPS) is 14.3. The smallest absolute Gasteiger partial charge is 0.283 e. The van der Waals surface area contributed by atoms with Crippen molar-refractivity contribution in [2.45, 2.75) is 51.7 Å². The van der Waals surface area contributed by atoms with E-state index in [0.717, 1.165) is 25.1 Å². The maximum Gasteiger partial charge on any atom is 0.283 e. The summed E-state index contributed by atoms with van der Waals surface area (Å²) >= 11 is 3.23. The fourth-order valence-electron chi connectivity index (χ4n) is 2.72. The monoisotopic (exact) mass is 415 g/mol. The topological polar surface area (TPSA) is 56.0 Å². The highest BCUT2D eigenvalue weighted by Gasteiger charge is 2.34. The first kappa shape index (κ1) is 18.0. The Labute approximate surface area is 152 Å². The predicted molar refractivity (Wildman–Crippen MR) is 91.2 cm³/mol. The summed E-state index contributed by atoms with van der Waals surface area (Å²) in [5.74, 6) is 0.0106. The molecule has 136 valence electrons. The van der Waals surface area contributed by atoms with Gasteiger partial charge in [0, 0.05) is 25.7 Å². The van der Waals surface area contributed by atoms with E-state index < -0.39 is 6.43 Å². The number of amides is 1. The van der Waals surface area contributed by atoms with Crippen molar-refractivity contribution in [2.75, 3.05) is 7.05 Å². The molecule has 1 fully saturated rings. The first-order chi connectivity index (χ1) is 11.9. The van der Waals surface area contributed by atoms with Gasteiger partial charge in [0.2, 0.25) is 5.91 Å². The van der Waals surface area contributed by atoms with E-state index in [1.165, 1.54) is 9.58 Å². The number of alkyl halides is 2. The third-order valence-corrected chi connectivity index (χ3v) is 5.07. The summed E-state index contributed by atoms with van der Waals surface area (Å²) in [4.78, 5) is 14.0. The summed E-state index contributed by atoms with van der Waals surface area (Å²) in [6, 6.07) is 1.86. The average molecular weight is 416 g/mol. The van der Waals surface area contributed by atoms with Gasteiger partial charge in [-0.1, -0.05) is 0 Å². The summed E-state index contributed by atoms with van der Waals surface area (Å²) in [5, 5.41) is 8.32. The number of hydrogen-bond acceptors (Lipinski definition) is 3. The van der Waals surface area contributed by atoms with Crippen LogP contribution in [-0.4, -0.2) is 37.4 Å². The van der Waals surface area contributed by atoms with Gasteiger partial charge in [-0.05, 0) is 41.8 Å². The maximum atomic E-state index is 13.1. The predicted octanol–water partition coefficient (Wildman–Crippen LogP) is 3.34. The van der Waals surface area contributed by atoms with E-state index in [4.69, 9.17) is 0 Å². The number of carbonyl (C=O) groups excluding carboxylic acids is 1. The van der Waals surface area contributed by atoms with Crippen LogP contribution < -0.4 is 0 Å². The van der Waals surface area contributed by atoms with Gasteiger partial charge >= 0.3 is 0 Å². The van der Waals surface area contributed by atoms with E-state index in [9.17, 15) is 13.6 Å². The molecule has 0 unspecified atom stereocenters. The van der Waals surface area contributed by atoms with Crippen LogP contribution in [0.5, 0.6) is 0 Å². The van der Waals surface area contributed by atoms with Crippen LogP contribution in [0.3, 0.4) is 0 Å². The maximum absolute atomic E-state index is 13.1. The summed E-state index contributed by atoms with van der Waals surface area (Å²) in [5.41, 5.74) is 1.20. The van der Waals surface area contributed by atoms with Gasteiger partial charge in [-0.15, -0.1) is 0 Å². The number of likely N-dealkylation sites (N-methyl/N-ethyl adjacent to an activating group) is 1. The first-order valence-corrected chi connectivity index (χ1v) is 9.00. The van der Waals surface area contributed by atoms with Crippen LogP contribution in [0.25, 0.3) is 0 Å². The number of rotatable bonds is 7. The molecule has 0 atom stereocenters. The molecule has 0 saturated heterocycles. The quantitative estimate of drug-likeness (QED) is 0.696. The Bertz CT molecular complexity index is 769. The Kier molecular flexibility index (Phi) is 5.21. The third-order valence-electron chi connectivity index (χ3n) is 4.26. The zero-order chi connectivity index (χ0) is 18.1. The first-order valence-electron chi connectivity index (χ1n) is 8.21. The van der Waals surface area contributed by atoms with Crippen molar-refractivity contribution < 1.29 is 13.6 Å². The Morgan fingerprint density at radius 1 is 1.44 bits per heavy atom. The Morgan fingerprint density at radius 3 is 2.72 bits per heavy atom. The molecule has 0 bridgehead atoms. The van der Waals surface area contributed by atoms with Crippen molar-refractivity contribution in [3.8, 4) is 0 Å². The summed E-state index contributed by atoms with van der Waals surface area (Å²) in [6.07, 6.45) is 1.06. The lowest BCUT2D eigenvalue weighted by molar-refractivity contribution is -0.131. The highest BCUT2D eigenvalue weighted by Crippen LogP contribution is 2.45. The van der Waals surface area contributed by atoms with Gasteiger partial charge in [-0.25, -0.2) is 8.78 Å². The van der Waals surface area contributed by atoms with Crippen molar-refractivity contribution in [1.82, 2.24) is 24.5 Å². The molecule has 3 rings (SSSR count). The lowest BCUT2D eigenvalue weighted by Gasteiger charge is -2.17. The van der Waals surface area contributed by atoms with Gasteiger partial charge in [-0.3, -0.25) is 14.2 Å². The van der Waals surface area contributed by atoms with Gasteiger partial charge in [0.05, 0.1) is 22.4 Å². The van der Waals surface area contributed by atoms with E-state index in [1.807, 2.05) is 19.2 Å². The fraction of sp³-hybridized carbons (Fsp3) is 0.562. The second-order valence-electron chi connectivity index (χ2n) is 6.23. The SMILES string of the molecule is CCn1ccc(CN(C)C(=O)Cn2nc(C(F)F)c(Br)c2C2CC2)n1. The molecule has 2 aromatic heterocycles. The minimum atomic E-state index is -2.67. The van der Waals surface area contributed by atoms with Crippen molar-refractivity contribution >= 4 is 21.8 Å². The lowest BCUT2D eigenvalue weighted by atomic mass is 10.2. The van der Waals surface area contributed by atoms with E-state index in [0.29, 0.717) is 16.7 Å². The molecule has 1 aliphatic carbocycles. The van der Waals surface area contributed by atoms with Crippen LogP contribution in [0.4, 0.5) is 8.78 Å². The Morgan fingerprint density at radius 2 is 2.16 bits per heavy atom. The highest BCUT2D eigenvalue weighted by atomic mass is 79.9. The van der Waals surface area contributed by atoms with E-state index in [1.54, 1.807) is 11.7 Å². The summed E-state index contributed by atoms with van der Waals surface area (Å²) < 4.78 is 29.8. The molecule has 1 aliphatic rings. The van der Waals surface area contributed by atoms with Crippen LogP contribution in [0.15, 0.2) is 16.7 Å². The van der Waals surface area contributed by atoms with Gasteiger partial charge in [0.15, 0.2) is 0 Å². The largest absolute Gasteiger partial charge is 0.338 e. The molecule has 2 aromatic rings.